The molecule has 3 N–H and O–H groups in total. The Morgan fingerprint density at radius 3 is 2.84 bits per heavy atom. The summed E-state index contributed by atoms with van der Waals surface area (Å²) in [4.78, 5) is 15.4. The summed E-state index contributed by atoms with van der Waals surface area (Å²) < 4.78 is 28.4. The maximum Gasteiger partial charge on any atom is 0.261 e. The second-order valence-electron chi connectivity index (χ2n) is 9.23. The van der Waals surface area contributed by atoms with Crippen LogP contribution in [0, 0.1) is 5.41 Å². The fourth-order valence-electron chi connectivity index (χ4n) is 5.72. The van der Waals surface area contributed by atoms with Crippen molar-refractivity contribution in [3.05, 3.63) is 51.9 Å². The number of anilines is 2. The summed E-state index contributed by atoms with van der Waals surface area (Å²) in [6, 6.07) is 6.71. The monoisotopic (exact) mass is 425 g/mol. The molecule has 1 aromatic carbocycles. The quantitative estimate of drug-likeness (QED) is 0.563. The fraction of sp³-hybridized carbons (Fsp3) is 0.478. The minimum atomic E-state index is -2.44. The number of aromatic nitrogens is 3. The predicted molar refractivity (Wildman–Crippen MR) is 115 cm³/mol. The molecule has 2 aliphatic carbocycles. The lowest BCUT2D eigenvalue weighted by molar-refractivity contribution is 0.103. The molecule has 0 amide bonds. The average molecular weight is 425 g/mol. The van der Waals surface area contributed by atoms with Crippen LogP contribution >= 0.6 is 0 Å². The van der Waals surface area contributed by atoms with Gasteiger partial charge in [0, 0.05) is 18.4 Å². The van der Waals surface area contributed by atoms with Gasteiger partial charge in [-0.1, -0.05) is 25.3 Å². The van der Waals surface area contributed by atoms with Gasteiger partial charge in [-0.25, -0.2) is 8.78 Å². The Morgan fingerprint density at radius 2 is 2.03 bits per heavy atom. The fourth-order valence-corrected chi connectivity index (χ4v) is 5.72. The van der Waals surface area contributed by atoms with Gasteiger partial charge in [0.05, 0.1) is 17.6 Å². The van der Waals surface area contributed by atoms with Crippen LogP contribution in [0.1, 0.15) is 61.7 Å². The molecule has 6 nitrogen and oxygen atoms in total. The summed E-state index contributed by atoms with van der Waals surface area (Å²) in [5.41, 5.74) is 3.22. The van der Waals surface area contributed by atoms with Crippen molar-refractivity contribution >= 4 is 22.4 Å². The van der Waals surface area contributed by atoms with Crippen LogP contribution in [0.15, 0.2) is 35.3 Å². The number of benzene rings is 1. The van der Waals surface area contributed by atoms with Gasteiger partial charge in [0.1, 0.15) is 5.39 Å². The van der Waals surface area contributed by atoms with Gasteiger partial charge in [0.25, 0.3) is 12.0 Å². The van der Waals surface area contributed by atoms with E-state index >= 15 is 0 Å². The van der Waals surface area contributed by atoms with Crippen LogP contribution in [0.2, 0.25) is 0 Å². The largest absolute Gasteiger partial charge is 0.338 e. The third-order valence-corrected chi connectivity index (χ3v) is 7.43. The summed E-state index contributed by atoms with van der Waals surface area (Å²) in [7, 11) is 0. The number of hydrogen-bond acceptors (Lipinski definition) is 4. The lowest BCUT2D eigenvalue weighted by atomic mass is 9.86. The molecule has 2 atom stereocenters. The Labute approximate surface area is 178 Å². The molecule has 162 valence electrons. The number of fused-ring (bicyclic) bond motifs is 2. The highest BCUT2D eigenvalue weighted by atomic mass is 19.3. The molecule has 31 heavy (non-hydrogen) atoms. The van der Waals surface area contributed by atoms with Crippen LogP contribution < -0.4 is 16.2 Å². The predicted octanol–water partition coefficient (Wildman–Crippen LogP) is 4.77. The third-order valence-electron chi connectivity index (χ3n) is 7.43. The lowest BCUT2D eigenvalue weighted by Gasteiger charge is -2.22. The van der Waals surface area contributed by atoms with Gasteiger partial charge in [-0.15, -0.1) is 0 Å². The van der Waals surface area contributed by atoms with Gasteiger partial charge in [-0.2, -0.15) is 5.10 Å². The molecule has 6 rings (SSSR count). The molecule has 2 fully saturated rings. The van der Waals surface area contributed by atoms with Crippen LogP contribution in [0.3, 0.4) is 0 Å². The van der Waals surface area contributed by atoms with Crippen LogP contribution in [0.25, 0.3) is 10.9 Å². The molecule has 3 heterocycles. The van der Waals surface area contributed by atoms with Gasteiger partial charge in [0.2, 0.25) is 0 Å². The van der Waals surface area contributed by atoms with E-state index in [4.69, 9.17) is 5.10 Å². The molecule has 1 spiro atoms. The van der Waals surface area contributed by atoms with E-state index in [1.165, 1.54) is 32.1 Å². The molecule has 1 aliphatic heterocycles. The lowest BCUT2D eigenvalue weighted by Crippen LogP contribution is -2.19. The Hall–Kier alpha value is -2.74. The number of nitrogens with one attached hydrogen (secondary N) is 3. The first-order valence-corrected chi connectivity index (χ1v) is 11.1. The molecule has 0 radical (unpaired) electrons. The van der Waals surface area contributed by atoms with Gasteiger partial charge >= 0.3 is 0 Å². The number of nitrogens with zero attached hydrogens (tertiary/aromatic N) is 2. The number of aromatic amines is 1. The zero-order valence-corrected chi connectivity index (χ0v) is 17.1. The van der Waals surface area contributed by atoms with Crippen LogP contribution in [0.5, 0.6) is 0 Å². The van der Waals surface area contributed by atoms with E-state index in [-0.39, 0.29) is 5.56 Å². The molecule has 0 bridgehead atoms. The summed E-state index contributed by atoms with van der Waals surface area (Å²) >= 11 is 0. The van der Waals surface area contributed by atoms with Gasteiger partial charge in [0.15, 0.2) is 5.82 Å². The Morgan fingerprint density at radius 1 is 1.19 bits per heavy atom. The highest BCUT2D eigenvalue weighted by molar-refractivity contribution is 5.91. The molecule has 8 heteroatoms. The Kier molecular flexibility index (Phi) is 4.21. The minimum Gasteiger partial charge on any atom is -0.338 e. The smallest absolute Gasteiger partial charge is 0.261 e. The van der Waals surface area contributed by atoms with Crippen molar-refractivity contribution in [1.82, 2.24) is 20.1 Å². The van der Waals surface area contributed by atoms with Crippen molar-refractivity contribution in [2.75, 3.05) is 5.32 Å². The van der Waals surface area contributed by atoms with E-state index in [9.17, 15) is 13.6 Å². The summed E-state index contributed by atoms with van der Waals surface area (Å²) in [5, 5.41) is 11.5. The number of alkyl halides is 2. The van der Waals surface area contributed by atoms with E-state index in [2.05, 4.69) is 15.6 Å². The molecular formula is C23H25F2N5O. The molecule has 0 saturated heterocycles. The maximum atomic E-state index is 13.2. The average Bonchev–Trinajstić information content (AvgIpc) is 3.11. The topological polar surface area (TPSA) is 74.7 Å². The number of hydrogen-bond donors (Lipinski definition) is 3. The first-order valence-electron chi connectivity index (χ1n) is 11.1. The summed E-state index contributed by atoms with van der Waals surface area (Å²) in [6.45, 7) is 0.403. The molecule has 3 aliphatic rings. The number of halogens is 2. The van der Waals surface area contributed by atoms with E-state index < -0.39 is 12.5 Å². The second kappa shape index (κ2) is 6.88. The zero-order valence-electron chi connectivity index (χ0n) is 17.1. The van der Waals surface area contributed by atoms with Crippen molar-refractivity contribution in [2.24, 2.45) is 5.41 Å². The highest BCUT2D eigenvalue weighted by Crippen LogP contribution is 2.64. The maximum absolute atomic E-state index is 13.2. The highest BCUT2D eigenvalue weighted by Gasteiger charge is 2.56. The van der Waals surface area contributed by atoms with E-state index in [1.54, 1.807) is 18.3 Å². The Balaban J connectivity index is 1.36. The van der Waals surface area contributed by atoms with E-state index in [0.717, 1.165) is 23.2 Å². The van der Waals surface area contributed by atoms with Gasteiger partial charge < -0.3 is 15.6 Å². The first-order chi connectivity index (χ1) is 15.1. The van der Waals surface area contributed by atoms with Crippen molar-refractivity contribution in [1.29, 1.82) is 0 Å². The van der Waals surface area contributed by atoms with Gasteiger partial charge in [-0.3, -0.25) is 9.48 Å². The number of pyridine rings is 1. The normalized spacial score (nSPS) is 24.1. The molecule has 3 aromatic rings. The van der Waals surface area contributed by atoms with Crippen LogP contribution in [-0.4, -0.2) is 21.2 Å². The van der Waals surface area contributed by atoms with E-state index in [0.29, 0.717) is 34.8 Å². The molecule has 2 aromatic heterocycles. The second-order valence-corrected chi connectivity index (χ2v) is 9.23. The van der Waals surface area contributed by atoms with Gasteiger partial charge in [-0.05, 0) is 54.0 Å². The van der Waals surface area contributed by atoms with Crippen molar-refractivity contribution in [3.8, 4) is 0 Å². The molecule has 2 unspecified atom stereocenters. The minimum absolute atomic E-state index is 0.176. The summed E-state index contributed by atoms with van der Waals surface area (Å²) in [6.07, 6.45) is 6.66. The van der Waals surface area contributed by atoms with E-state index in [1.807, 2.05) is 16.8 Å². The van der Waals surface area contributed by atoms with Crippen molar-refractivity contribution in [2.45, 2.75) is 63.6 Å². The third kappa shape index (κ3) is 2.99. The number of H-pyrrole nitrogens is 1. The van der Waals surface area contributed by atoms with Crippen molar-refractivity contribution in [3.63, 3.8) is 0 Å². The van der Waals surface area contributed by atoms with Crippen LogP contribution in [-0.2, 0) is 6.54 Å². The molecular weight excluding hydrogens is 400 g/mol. The standard InChI is InChI=1S/C23H25F2N5O/c24-20(25)19-15-5-4-14(10-13(15)12-27-19)28-21-18-16(6-9-26-22(18)31)30(29-21)17-11-23(17)7-2-1-3-8-23/h4-6,9-10,17,19-20,27H,1-3,7-8,11-12H2,(H,26,31)(H,28,29). The van der Waals surface area contributed by atoms with Crippen molar-refractivity contribution < 1.29 is 8.78 Å². The zero-order chi connectivity index (χ0) is 21.2. The first kappa shape index (κ1) is 19.0. The molecule has 2 saturated carbocycles. The SMILES string of the molecule is O=c1[nH]ccc2c1c(Nc1ccc3c(c1)CNC3C(F)F)nn2C1CC12CCCCC2. The van der Waals surface area contributed by atoms with Crippen LogP contribution in [0.4, 0.5) is 20.3 Å². The number of rotatable bonds is 4. The Bertz CT molecular complexity index is 1210. The summed E-state index contributed by atoms with van der Waals surface area (Å²) in [5.74, 6) is 0.519.